The SMILES string of the molecule is CC[C@]1(N)C=CC=CC1OC(F)F.O=C(O)C(F)(F)F. The highest BCUT2D eigenvalue weighted by Gasteiger charge is 2.38. The normalized spacial score (nSPS) is 25.3. The Morgan fingerprint density at radius 2 is 1.95 bits per heavy atom. The fourth-order valence-corrected chi connectivity index (χ4v) is 1.28. The van der Waals surface area contributed by atoms with Crippen LogP contribution in [0.1, 0.15) is 13.3 Å². The molecular weight excluding hydrogens is 289 g/mol. The van der Waals surface area contributed by atoms with Gasteiger partial charge in [0.2, 0.25) is 0 Å². The number of carboxylic acid groups (broad SMARTS) is 1. The molecule has 0 spiro atoms. The molecule has 0 saturated carbocycles. The van der Waals surface area contributed by atoms with Gasteiger partial charge in [-0.15, -0.1) is 0 Å². The van der Waals surface area contributed by atoms with E-state index in [4.69, 9.17) is 15.6 Å². The van der Waals surface area contributed by atoms with Crippen molar-refractivity contribution in [2.45, 2.75) is 37.8 Å². The van der Waals surface area contributed by atoms with E-state index in [1.165, 1.54) is 0 Å². The summed E-state index contributed by atoms with van der Waals surface area (Å²) in [7, 11) is 0. The van der Waals surface area contributed by atoms with Crippen LogP contribution in [-0.4, -0.2) is 35.5 Å². The second-order valence-corrected chi connectivity index (χ2v) is 3.83. The van der Waals surface area contributed by atoms with E-state index < -0.39 is 30.4 Å². The summed E-state index contributed by atoms with van der Waals surface area (Å²) in [5.41, 5.74) is 5.05. The fraction of sp³-hybridized carbons (Fsp3) is 0.545. The molecule has 0 aromatic carbocycles. The minimum atomic E-state index is -5.08. The van der Waals surface area contributed by atoms with Crippen LogP contribution in [0.25, 0.3) is 0 Å². The van der Waals surface area contributed by atoms with Gasteiger partial charge in [0.1, 0.15) is 6.10 Å². The summed E-state index contributed by atoms with van der Waals surface area (Å²) in [6.07, 6.45) is 1.39. The Hall–Kier alpha value is -1.48. The van der Waals surface area contributed by atoms with E-state index in [2.05, 4.69) is 4.74 Å². The average molecular weight is 303 g/mol. The molecule has 0 fully saturated rings. The second-order valence-electron chi connectivity index (χ2n) is 3.83. The van der Waals surface area contributed by atoms with E-state index in [1.807, 2.05) is 6.92 Å². The van der Waals surface area contributed by atoms with Gasteiger partial charge in [-0.25, -0.2) is 4.79 Å². The number of rotatable bonds is 3. The zero-order valence-corrected chi connectivity index (χ0v) is 10.4. The first-order chi connectivity index (χ1) is 9.03. The summed E-state index contributed by atoms with van der Waals surface area (Å²) < 4.78 is 60.1. The molecule has 0 heterocycles. The fourth-order valence-electron chi connectivity index (χ4n) is 1.28. The maximum atomic E-state index is 12.0. The van der Waals surface area contributed by atoms with Gasteiger partial charge in [0.25, 0.3) is 0 Å². The Kier molecular flexibility index (Phi) is 6.80. The van der Waals surface area contributed by atoms with Gasteiger partial charge >= 0.3 is 18.8 Å². The summed E-state index contributed by atoms with van der Waals surface area (Å²) in [6.45, 7) is -0.943. The van der Waals surface area contributed by atoms with Crippen molar-refractivity contribution in [1.29, 1.82) is 0 Å². The first-order valence-electron chi connectivity index (χ1n) is 5.41. The molecule has 4 nitrogen and oxygen atoms in total. The van der Waals surface area contributed by atoms with E-state index in [9.17, 15) is 22.0 Å². The number of hydrogen-bond acceptors (Lipinski definition) is 3. The van der Waals surface area contributed by atoms with Gasteiger partial charge < -0.3 is 15.6 Å². The molecule has 0 aromatic heterocycles. The minimum absolute atomic E-state index is 0.561. The molecule has 0 saturated heterocycles. The quantitative estimate of drug-likeness (QED) is 0.786. The molecule has 1 aliphatic rings. The molecular formula is C11H14F5NO3. The van der Waals surface area contributed by atoms with Crippen LogP contribution in [0.3, 0.4) is 0 Å². The molecule has 0 aliphatic heterocycles. The van der Waals surface area contributed by atoms with Gasteiger partial charge in [0, 0.05) is 0 Å². The Morgan fingerprint density at radius 3 is 2.30 bits per heavy atom. The molecule has 20 heavy (non-hydrogen) atoms. The Morgan fingerprint density at radius 1 is 1.45 bits per heavy atom. The number of carboxylic acids is 1. The monoisotopic (exact) mass is 303 g/mol. The van der Waals surface area contributed by atoms with E-state index in [0.717, 1.165) is 0 Å². The van der Waals surface area contributed by atoms with E-state index in [-0.39, 0.29) is 0 Å². The summed E-state index contributed by atoms with van der Waals surface area (Å²) in [6, 6.07) is 0. The van der Waals surface area contributed by atoms with Crippen molar-refractivity contribution >= 4 is 5.97 Å². The number of carbonyl (C=O) groups is 1. The van der Waals surface area contributed by atoms with Crippen LogP contribution in [0, 0.1) is 0 Å². The molecule has 1 aliphatic carbocycles. The zero-order chi connectivity index (χ0) is 16.0. The average Bonchev–Trinajstić information content (AvgIpc) is 2.31. The highest BCUT2D eigenvalue weighted by molar-refractivity contribution is 5.73. The van der Waals surface area contributed by atoms with Gasteiger partial charge in [0.05, 0.1) is 5.54 Å². The Bertz CT molecular complexity index is 381. The molecule has 9 heteroatoms. The van der Waals surface area contributed by atoms with Crippen molar-refractivity contribution in [2.24, 2.45) is 5.73 Å². The summed E-state index contributed by atoms with van der Waals surface area (Å²) in [5, 5.41) is 7.12. The summed E-state index contributed by atoms with van der Waals surface area (Å²) in [5.74, 6) is -2.76. The number of nitrogens with two attached hydrogens (primary N) is 1. The molecule has 1 unspecified atom stereocenters. The lowest BCUT2D eigenvalue weighted by atomic mass is 9.87. The van der Waals surface area contributed by atoms with Gasteiger partial charge in [-0.05, 0) is 6.42 Å². The molecule has 2 atom stereocenters. The topological polar surface area (TPSA) is 72.5 Å². The van der Waals surface area contributed by atoms with Crippen LogP contribution in [0.4, 0.5) is 22.0 Å². The Labute approximate surface area is 111 Å². The third-order valence-electron chi connectivity index (χ3n) is 2.44. The minimum Gasteiger partial charge on any atom is -0.475 e. The lowest BCUT2D eigenvalue weighted by molar-refractivity contribution is -0.192. The predicted octanol–water partition coefficient (Wildman–Crippen LogP) is 2.46. The van der Waals surface area contributed by atoms with Crippen molar-refractivity contribution in [3.63, 3.8) is 0 Å². The van der Waals surface area contributed by atoms with Gasteiger partial charge in [-0.1, -0.05) is 31.2 Å². The lowest BCUT2D eigenvalue weighted by Gasteiger charge is -2.33. The Balaban J connectivity index is 0.000000441. The highest BCUT2D eigenvalue weighted by Crippen LogP contribution is 2.23. The van der Waals surface area contributed by atoms with E-state index >= 15 is 0 Å². The largest absolute Gasteiger partial charge is 0.490 e. The molecule has 1 rings (SSSR count). The van der Waals surface area contributed by atoms with Crippen LogP contribution < -0.4 is 5.73 Å². The van der Waals surface area contributed by atoms with Crippen molar-refractivity contribution < 1.29 is 36.6 Å². The number of alkyl halides is 5. The van der Waals surface area contributed by atoms with Gasteiger partial charge in [-0.2, -0.15) is 22.0 Å². The number of hydrogen-bond donors (Lipinski definition) is 2. The third kappa shape index (κ3) is 6.11. The molecule has 0 bridgehead atoms. The predicted molar refractivity (Wildman–Crippen MR) is 60.1 cm³/mol. The molecule has 116 valence electrons. The summed E-state index contributed by atoms with van der Waals surface area (Å²) >= 11 is 0. The van der Waals surface area contributed by atoms with Crippen molar-refractivity contribution in [3.8, 4) is 0 Å². The van der Waals surface area contributed by atoms with E-state index in [0.29, 0.717) is 6.42 Å². The molecule has 0 aromatic rings. The summed E-state index contributed by atoms with van der Waals surface area (Å²) in [4.78, 5) is 8.90. The van der Waals surface area contributed by atoms with Crippen molar-refractivity contribution in [3.05, 3.63) is 24.3 Å². The molecule has 3 N–H and O–H groups in total. The van der Waals surface area contributed by atoms with Crippen LogP contribution in [0.2, 0.25) is 0 Å². The number of allylic oxidation sites excluding steroid dienone is 2. The maximum Gasteiger partial charge on any atom is 0.490 e. The number of aliphatic carboxylic acids is 1. The van der Waals surface area contributed by atoms with Crippen LogP contribution in [0.15, 0.2) is 24.3 Å². The van der Waals surface area contributed by atoms with Crippen LogP contribution in [0.5, 0.6) is 0 Å². The molecule has 0 amide bonds. The highest BCUT2D eigenvalue weighted by atomic mass is 19.4. The zero-order valence-electron chi connectivity index (χ0n) is 10.4. The van der Waals surface area contributed by atoms with Crippen LogP contribution >= 0.6 is 0 Å². The number of ether oxygens (including phenoxy) is 1. The number of halogens is 5. The van der Waals surface area contributed by atoms with Crippen molar-refractivity contribution in [2.75, 3.05) is 0 Å². The second kappa shape index (κ2) is 7.34. The third-order valence-corrected chi connectivity index (χ3v) is 2.44. The van der Waals surface area contributed by atoms with Gasteiger partial charge in [0.15, 0.2) is 0 Å². The molecule has 0 radical (unpaired) electrons. The van der Waals surface area contributed by atoms with Crippen molar-refractivity contribution in [1.82, 2.24) is 0 Å². The van der Waals surface area contributed by atoms with E-state index in [1.54, 1.807) is 24.3 Å². The van der Waals surface area contributed by atoms with Crippen LogP contribution in [-0.2, 0) is 9.53 Å². The standard InChI is InChI=1S/C9H13F2NO.C2HF3O2/c1-2-9(12)6-4-3-5-7(9)13-8(10)11;3-2(4,5)1(6)7/h3-8H,2,12H2,1H3;(H,6,7)/t7?,9-;/m0./s1. The smallest absolute Gasteiger partial charge is 0.475 e. The van der Waals surface area contributed by atoms with Gasteiger partial charge in [-0.3, -0.25) is 0 Å². The first kappa shape index (κ1) is 18.5. The maximum absolute atomic E-state index is 12.0. The lowest BCUT2D eigenvalue weighted by Crippen LogP contribution is -2.50. The first-order valence-corrected chi connectivity index (χ1v) is 5.41.